The maximum absolute atomic E-state index is 13.6. The van der Waals surface area contributed by atoms with Gasteiger partial charge < -0.3 is 9.74 Å². The minimum absolute atomic E-state index is 0.0158. The standard InChI is InChI=1S/C22H16ClF3N6O2/c23-14-6-7-16-17(12-14)32-19(28-29-21(32)22(24,25)26)18(27-16)31-10-8-15(9-11-31)30-34-20(33)13-4-2-1-3-5-13/h1-7,12H,8-11H2. The highest BCUT2D eigenvalue weighted by Crippen LogP contribution is 2.34. The lowest BCUT2D eigenvalue weighted by Gasteiger charge is -2.28. The van der Waals surface area contributed by atoms with Gasteiger partial charge in [0.05, 0.1) is 22.3 Å². The topological polar surface area (TPSA) is 85.0 Å². The van der Waals surface area contributed by atoms with Gasteiger partial charge in [0.25, 0.3) is 0 Å². The van der Waals surface area contributed by atoms with E-state index in [0.717, 1.165) is 4.40 Å². The summed E-state index contributed by atoms with van der Waals surface area (Å²) in [6.07, 6.45) is -3.83. The molecule has 1 aliphatic heterocycles. The molecule has 4 aromatic rings. The average molecular weight is 489 g/mol. The molecule has 5 rings (SSSR count). The second-order valence-corrected chi connectivity index (χ2v) is 8.07. The number of benzene rings is 2. The number of nitrogens with zero attached hydrogens (tertiary/aromatic N) is 6. The fourth-order valence-corrected chi connectivity index (χ4v) is 3.95. The summed E-state index contributed by atoms with van der Waals surface area (Å²) < 4.78 is 41.8. The van der Waals surface area contributed by atoms with Gasteiger partial charge in [0.15, 0.2) is 5.82 Å². The molecule has 12 heteroatoms. The summed E-state index contributed by atoms with van der Waals surface area (Å²) >= 11 is 6.03. The van der Waals surface area contributed by atoms with Crippen LogP contribution in [0.4, 0.5) is 19.0 Å². The summed E-state index contributed by atoms with van der Waals surface area (Å²) in [6.45, 7) is 0.801. The van der Waals surface area contributed by atoms with Gasteiger partial charge in [-0.1, -0.05) is 35.0 Å². The largest absolute Gasteiger partial charge is 0.452 e. The van der Waals surface area contributed by atoms with Crippen molar-refractivity contribution in [2.24, 2.45) is 5.16 Å². The van der Waals surface area contributed by atoms with E-state index in [1.165, 1.54) is 6.07 Å². The van der Waals surface area contributed by atoms with E-state index in [1.54, 1.807) is 42.5 Å². The van der Waals surface area contributed by atoms with Crippen molar-refractivity contribution in [2.75, 3.05) is 18.0 Å². The van der Waals surface area contributed by atoms with Crippen LogP contribution in [0.5, 0.6) is 0 Å². The van der Waals surface area contributed by atoms with E-state index < -0.39 is 18.0 Å². The average Bonchev–Trinajstić information content (AvgIpc) is 3.29. The Labute approximate surface area is 195 Å². The van der Waals surface area contributed by atoms with Crippen molar-refractivity contribution in [1.82, 2.24) is 19.6 Å². The molecular formula is C22H16ClF3N6O2. The summed E-state index contributed by atoms with van der Waals surface area (Å²) in [6, 6.07) is 13.0. The predicted octanol–water partition coefficient (Wildman–Crippen LogP) is 4.76. The molecule has 8 nitrogen and oxygen atoms in total. The molecule has 1 aliphatic rings. The molecule has 3 heterocycles. The van der Waals surface area contributed by atoms with Crippen LogP contribution in [0.25, 0.3) is 16.7 Å². The quantitative estimate of drug-likeness (QED) is 0.305. The number of halogens is 4. The first-order chi connectivity index (χ1) is 16.3. The van der Waals surface area contributed by atoms with Gasteiger partial charge in [0.2, 0.25) is 11.5 Å². The van der Waals surface area contributed by atoms with Crippen LogP contribution >= 0.6 is 11.6 Å². The Bertz CT molecular complexity index is 1410. The number of hydrogen-bond acceptors (Lipinski definition) is 7. The Morgan fingerprint density at radius 1 is 1.06 bits per heavy atom. The highest BCUT2D eigenvalue weighted by molar-refractivity contribution is 6.31. The van der Waals surface area contributed by atoms with E-state index in [4.69, 9.17) is 16.4 Å². The minimum Gasteiger partial charge on any atom is -0.353 e. The van der Waals surface area contributed by atoms with E-state index in [0.29, 0.717) is 42.7 Å². The number of alkyl halides is 3. The van der Waals surface area contributed by atoms with Gasteiger partial charge in [-0.2, -0.15) is 13.2 Å². The zero-order valence-corrected chi connectivity index (χ0v) is 18.2. The molecule has 1 fully saturated rings. The zero-order valence-electron chi connectivity index (χ0n) is 17.5. The Hall–Kier alpha value is -3.73. The third-order valence-corrected chi connectivity index (χ3v) is 5.66. The summed E-state index contributed by atoms with van der Waals surface area (Å²) in [5, 5.41) is 11.4. The molecule has 0 radical (unpaired) electrons. The fourth-order valence-electron chi connectivity index (χ4n) is 3.79. The van der Waals surface area contributed by atoms with Gasteiger partial charge in [-0.3, -0.25) is 4.40 Å². The molecule has 0 aliphatic carbocycles. The Balaban J connectivity index is 1.42. The molecule has 0 amide bonds. The number of piperidine rings is 1. The second kappa shape index (κ2) is 8.56. The molecule has 1 saturated heterocycles. The van der Waals surface area contributed by atoms with Crippen molar-refractivity contribution in [3.05, 3.63) is 64.9 Å². The SMILES string of the molecule is O=C(ON=C1CCN(c2nc3ccc(Cl)cc3n3c(C(F)(F)F)nnc23)CC1)c1ccccc1. The molecule has 0 spiro atoms. The van der Waals surface area contributed by atoms with E-state index in [2.05, 4.69) is 20.3 Å². The number of carbonyl (C=O) groups is 1. The summed E-state index contributed by atoms with van der Waals surface area (Å²) in [5.41, 5.74) is 1.53. The maximum atomic E-state index is 13.6. The molecule has 174 valence electrons. The van der Waals surface area contributed by atoms with Crippen molar-refractivity contribution in [1.29, 1.82) is 0 Å². The number of anilines is 1. The highest BCUT2D eigenvalue weighted by Gasteiger charge is 2.38. The van der Waals surface area contributed by atoms with Crippen LogP contribution in [0.3, 0.4) is 0 Å². The minimum atomic E-state index is -4.71. The summed E-state index contributed by atoms with van der Waals surface area (Å²) in [4.78, 5) is 23.5. The van der Waals surface area contributed by atoms with Crippen LogP contribution in [0.1, 0.15) is 29.0 Å². The van der Waals surface area contributed by atoms with E-state index >= 15 is 0 Å². The van der Waals surface area contributed by atoms with E-state index in [-0.39, 0.29) is 22.0 Å². The molecular weight excluding hydrogens is 473 g/mol. The lowest BCUT2D eigenvalue weighted by molar-refractivity contribution is -0.145. The van der Waals surface area contributed by atoms with Crippen LogP contribution in [0.15, 0.2) is 53.7 Å². The molecule has 0 unspecified atom stereocenters. The van der Waals surface area contributed by atoms with Crippen LogP contribution in [-0.2, 0) is 11.0 Å². The molecule has 2 aromatic carbocycles. The van der Waals surface area contributed by atoms with Crippen molar-refractivity contribution >= 4 is 45.8 Å². The lowest BCUT2D eigenvalue weighted by Crippen LogP contribution is -2.35. The van der Waals surface area contributed by atoms with Gasteiger partial charge >= 0.3 is 12.1 Å². The third-order valence-electron chi connectivity index (χ3n) is 5.43. The molecule has 2 aromatic heterocycles. The molecule has 0 N–H and O–H groups in total. The Morgan fingerprint density at radius 2 is 1.79 bits per heavy atom. The van der Waals surface area contributed by atoms with Gasteiger partial charge in [-0.25, -0.2) is 9.78 Å². The van der Waals surface area contributed by atoms with Gasteiger partial charge in [-0.05, 0) is 30.3 Å². The van der Waals surface area contributed by atoms with Crippen LogP contribution < -0.4 is 4.90 Å². The Kier molecular flexibility index (Phi) is 5.56. The van der Waals surface area contributed by atoms with Gasteiger partial charge in [0, 0.05) is 31.0 Å². The number of carbonyl (C=O) groups excluding carboxylic acids is 1. The van der Waals surface area contributed by atoms with Crippen LogP contribution in [0.2, 0.25) is 5.02 Å². The monoisotopic (exact) mass is 488 g/mol. The number of fused-ring (bicyclic) bond motifs is 3. The maximum Gasteiger partial charge on any atom is 0.452 e. The normalized spacial score (nSPS) is 14.6. The molecule has 0 saturated carbocycles. The van der Waals surface area contributed by atoms with Gasteiger partial charge in [0.1, 0.15) is 0 Å². The smallest absolute Gasteiger partial charge is 0.353 e. The van der Waals surface area contributed by atoms with Crippen LogP contribution in [-0.4, -0.2) is 44.4 Å². The first kappa shape index (κ1) is 22.1. The van der Waals surface area contributed by atoms with Crippen molar-refractivity contribution in [2.45, 2.75) is 19.0 Å². The van der Waals surface area contributed by atoms with E-state index in [9.17, 15) is 18.0 Å². The van der Waals surface area contributed by atoms with Crippen molar-refractivity contribution in [3.63, 3.8) is 0 Å². The summed E-state index contributed by atoms with van der Waals surface area (Å²) in [5.74, 6) is -1.43. The van der Waals surface area contributed by atoms with Gasteiger partial charge in [-0.15, -0.1) is 10.2 Å². The molecule has 0 atom stereocenters. The fraction of sp³-hybridized carbons (Fsp3) is 0.227. The number of aromatic nitrogens is 4. The number of rotatable bonds is 3. The first-order valence-corrected chi connectivity index (χ1v) is 10.7. The summed E-state index contributed by atoms with van der Waals surface area (Å²) in [7, 11) is 0. The molecule has 0 bridgehead atoms. The number of hydrogen-bond donors (Lipinski definition) is 0. The number of oxime groups is 1. The first-order valence-electron chi connectivity index (χ1n) is 10.3. The lowest BCUT2D eigenvalue weighted by atomic mass is 10.1. The van der Waals surface area contributed by atoms with E-state index in [1.807, 2.05) is 4.90 Å². The zero-order chi connectivity index (χ0) is 23.9. The molecule has 34 heavy (non-hydrogen) atoms. The Morgan fingerprint density at radius 3 is 2.50 bits per heavy atom. The second-order valence-electron chi connectivity index (χ2n) is 7.64. The van der Waals surface area contributed by atoms with Crippen molar-refractivity contribution in [3.8, 4) is 0 Å². The highest BCUT2D eigenvalue weighted by atomic mass is 35.5. The van der Waals surface area contributed by atoms with Crippen LogP contribution in [0, 0.1) is 0 Å². The predicted molar refractivity (Wildman–Crippen MR) is 119 cm³/mol. The third kappa shape index (κ3) is 4.14. The van der Waals surface area contributed by atoms with Crippen molar-refractivity contribution < 1.29 is 22.8 Å².